The number of hydrogen-bond acceptors (Lipinski definition) is 2. The van der Waals surface area contributed by atoms with Crippen molar-refractivity contribution in [2.75, 3.05) is 25.0 Å². The molecule has 2 nitrogen and oxygen atoms in total. The number of halogens is 1. The zero-order valence-corrected chi connectivity index (χ0v) is 13.9. The lowest BCUT2D eigenvalue weighted by Gasteiger charge is -2.26. The predicted octanol–water partition coefficient (Wildman–Crippen LogP) is 4.64. The molecule has 1 atom stereocenters. The van der Waals surface area contributed by atoms with Crippen molar-refractivity contribution >= 4 is 17.3 Å². The van der Waals surface area contributed by atoms with Crippen molar-refractivity contribution in [2.24, 2.45) is 5.41 Å². The summed E-state index contributed by atoms with van der Waals surface area (Å²) in [6.45, 7) is 9.11. The number of benzene rings is 1. The average Bonchev–Trinajstić information content (AvgIpc) is 2.59. The van der Waals surface area contributed by atoms with Crippen molar-refractivity contribution in [3.63, 3.8) is 0 Å². The summed E-state index contributed by atoms with van der Waals surface area (Å²) in [5, 5.41) is 4.13. The van der Waals surface area contributed by atoms with Crippen LogP contribution in [0.3, 0.4) is 0 Å². The molecule has 1 fully saturated rings. The Bertz CT molecular complexity index is 456. The maximum Gasteiger partial charge on any atom is 0.0642 e. The monoisotopic (exact) mass is 294 g/mol. The van der Waals surface area contributed by atoms with E-state index in [0.717, 1.165) is 18.1 Å². The first-order valence-electron chi connectivity index (χ1n) is 7.64. The normalized spacial score (nSPS) is 20.6. The third-order valence-corrected chi connectivity index (χ3v) is 4.89. The molecule has 112 valence electrons. The van der Waals surface area contributed by atoms with Gasteiger partial charge in [0.1, 0.15) is 0 Å². The Balaban J connectivity index is 2.16. The maximum absolute atomic E-state index is 6.52. The van der Waals surface area contributed by atoms with Crippen LogP contribution in [-0.4, -0.2) is 20.1 Å². The van der Waals surface area contributed by atoms with E-state index >= 15 is 0 Å². The lowest BCUT2D eigenvalue weighted by atomic mass is 9.85. The summed E-state index contributed by atoms with van der Waals surface area (Å²) >= 11 is 6.52. The number of rotatable bonds is 3. The zero-order chi connectivity index (χ0) is 14.8. The summed E-state index contributed by atoms with van der Waals surface area (Å²) < 4.78 is 0. The Hall–Kier alpha value is -0.730. The number of nitrogens with zero attached hydrogens (tertiary/aromatic N) is 1. The molecule has 1 unspecified atom stereocenters. The molecule has 0 spiro atoms. The minimum absolute atomic E-state index is 0.338. The number of nitrogens with one attached hydrogen (secondary N) is 1. The lowest BCUT2D eigenvalue weighted by Crippen LogP contribution is -2.25. The summed E-state index contributed by atoms with van der Waals surface area (Å²) in [5.41, 5.74) is 2.90. The van der Waals surface area contributed by atoms with E-state index in [2.05, 4.69) is 49.2 Å². The van der Waals surface area contributed by atoms with Crippen LogP contribution < -0.4 is 10.2 Å². The molecule has 0 aromatic heterocycles. The van der Waals surface area contributed by atoms with E-state index in [4.69, 9.17) is 11.6 Å². The van der Waals surface area contributed by atoms with Crippen LogP contribution in [0.15, 0.2) is 18.2 Å². The van der Waals surface area contributed by atoms with Gasteiger partial charge in [-0.1, -0.05) is 31.5 Å². The molecule has 0 aliphatic carbocycles. The molecular weight excluding hydrogens is 268 g/mol. The van der Waals surface area contributed by atoms with E-state index in [9.17, 15) is 0 Å². The standard InChI is InChI=1S/C17H27ClN2/c1-13(19-4)14-6-7-16(15(18)12-14)20-10-5-8-17(2,3)9-11-20/h6-7,12-13,19H,5,8-11H2,1-4H3. The van der Waals surface area contributed by atoms with Crippen molar-refractivity contribution < 1.29 is 0 Å². The van der Waals surface area contributed by atoms with Crippen LogP contribution in [0.4, 0.5) is 5.69 Å². The van der Waals surface area contributed by atoms with Crippen LogP contribution in [0.5, 0.6) is 0 Å². The number of hydrogen-bond donors (Lipinski definition) is 1. The van der Waals surface area contributed by atoms with E-state index in [1.165, 1.54) is 30.5 Å². The van der Waals surface area contributed by atoms with Crippen LogP contribution >= 0.6 is 11.6 Å². The molecule has 1 aliphatic rings. The average molecular weight is 295 g/mol. The van der Waals surface area contributed by atoms with Crippen molar-refractivity contribution in [3.05, 3.63) is 28.8 Å². The van der Waals surface area contributed by atoms with E-state index in [1.54, 1.807) is 0 Å². The number of anilines is 1. The highest BCUT2D eigenvalue weighted by atomic mass is 35.5. The summed E-state index contributed by atoms with van der Waals surface area (Å²) in [6.07, 6.45) is 3.78. The van der Waals surface area contributed by atoms with Crippen molar-refractivity contribution in [1.29, 1.82) is 0 Å². The smallest absolute Gasteiger partial charge is 0.0642 e. The fourth-order valence-corrected chi connectivity index (χ4v) is 3.19. The van der Waals surface area contributed by atoms with Gasteiger partial charge in [0.15, 0.2) is 0 Å². The Labute approximate surface area is 128 Å². The Morgan fingerprint density at radius 1 is 1.25 bits per heavy atom. The van der Waals surface area contributed by atoms with Crippen LogP contribution in [0.25, 0.3) is 0 Å². The first-order chi connectivity index (χ1) is 9.43. The van der Waals surface area contributed by atoms with Crippen LogP contribution in [0, 0.1) is 5.41 Å². The van der Waals surface area contributed by atoms with Crippen LogP contribution in [-0.2, 0) is 0 Å². The minimum atomic E-state index is 0.338. The fourth-order valence-electron chi connectivity index (χ4n) is 2.88. The van der Waals surface area contributed by atoms with Crippen LogP contribution in [0.2, 0.25) is 5.02 Å². The molecule has 1 heterocycles. The highest BCUT2D eigenvalue weighted by Gasteiger charge is 2.24. The molecule has 1 aromatic rings. The van der Waals surface area contributed by atoms with E-state index in [-0.39, 0.29) is 0 Å². The summed E-state index contributed by atoms with van der Waals surface area (Å²) in [6, 6.07) is 6.82. The maximum atomic E-state index is 6.52. The Morgan fingerprint density at radius 2 is 2.00 bits per heavy atom. The third-order valence-electron chi connectivity index (χ3n) is 4.59. The zero-order valence-electron chi connectivity index (χ0n) is 13.2. The van der Waals surface area contributed by atoms with E-state index in [0.29, 0.717) is 11.5 Å². The Kier molecular flexibility index (Phi) is 4.98. The van der Waals surface area contributed by atoms with Crippen LogP contribution in [0.1, 0.15) is 51.6 Å². The van der Waals surface area contributed by atoms with Gasteiger partial charge < -0.3 is 10.2 Å². The predicted molar refractivity (Wildman–Crippen MR) is 88.8 cm³/mol. The quantitative estimate of drug-likeness (QED) is 0.874. The molecule has 0 radical (unpaired) electrons. The summed E-state index contributed by atoms with van der Waals surface area (Å²) in [7, 11) is 1.98. The summed E-state index contributed by atoms with van der Waals surface area (Å²) in [4.78, 5) is 2.45. The highest BCUT2D eigenvalue weighted by molar-refractivity contribution is 6.33. The second-order valence-electron chi connectivity index (χ2n) is 6.73. The fraction of sp³-hybridized carbons (Fsp3) is 0.647. The molecule has 2 rings (SSSR count). The largest absolute Gasteiger partial charge is 0.370 e. The Morgan fingerprint density at radius 3 is 2.65 bits per heavy atom. The van der Waals surface area contributed by atoms with Gasteiger partial charge in [-0.2, -0.15) is 0 Å². The SMILES string of the molecule is CNC(C)c1ccc(N2CCCC(C)(C)CC2)c(Cl)c1. The van der Waals surface area contributed by atoms with Crippen molar-refractivity contribution in [3.8, 4) is 0 Å². The molecular formula is C17H27ClN2. The van der Waals surface area contributed by atoms with Crippen molar-refractivity contribution in [2.45, 2.75) is 46.1 Å². The lowest BCUT2D eigenvalue weighted by molar-refractivity contribution is 0.325. The van der Waals surface area contributed by atoms with Gasteiger partial charge in [-0.15, -0.1) is 0 Å². The molecule has 0 bridgehead atoms. The molecule has 1 aliphatic heterocycles. The van der Waals surface area contributed by atoms with Crippen molar-refractivity contribution in [1.82, 2.24) is 5.32 Å². The molecule has 1 N–H and O–H groups in total. The van der Waals surface area contributed by atoms with Gasteiger partial charge in [0, 0.05) is 19.1 Å². The second kappa shape index (κ2) is 6.36. The van der Waals surface area contributed by atoms with Gasteiger partial charge in [0.05, 0.1) is 10.7 Å². The minimum Gasteiger partial charge on any atom is -0.370 e. The molecule has 0 amide bonds. The first-order valence-corrected chi connectivity index (χ1v) is 8.02. The second-order valence-corrected chi connectivity index (χ2v) is 7.13. The van der Waals surface area contributed by atoms with Gasteiger partial charge in [-0.3, -0.25) is 0 Å². The first kappa shape index (κ1) is 15.7. The topological polar surface area (TPSA) is 15.3 Å². The molecule has 3 heteroatoms. The van der Waals surface area contributed by atoms with Gasteiger partial charge in [-0.05, 0) is 56.3 Å². The molecule has 0 saturated carbocycles. The molecule has 1 aromatic carbocycles. The van der Waals surface area contributed by atoms with Gasteiger partial charge in [0.25, 0.3) is 0 Å². The molecule has 1 saturated heterocycles. The highest BCUT2D eigenvalue weighted by Crippen LogP contribution is 2.35. The van der Waals surface area contributed by atoms with E-state index in [1.807, 2.05) is 7.05 Å². The molecule has 20 heavy (non-hydrogen) atoms. The van der Waals surface area contributed by atoms with Gasteiger partial charge in [0.2, 0.25) is 0 Å². The van der Waals surface area contributed by atoms with Gasteiger partial charge >= 0.3 is 0 Å². The summed E-state index contributed by atoms with van der Waals surface area (Å²) in [5.74, 6) is 0. The van der Waals surface area contributed by atoms with Gasteiger partial charge in [-0.25, -0.2) is 0 Å². The third kappa shape index (κ3) is 3.67. The van der Waals surface area contributed by atoms with E-state index < -0.39 is 0 Å².